The Hall–Kier alpha value is -2.81. The standard InChI is InChI=1S/C19H20N2O6S/c1-10-16(18(24)26-4)17(21-15(23)7-8-28-19(21)20-10)12-5-6-13(27-11(2)22)14(9-12)25-3/h5-6,9,17H,7-8H2,1-4H3/t17-/m1/s1. The van der Waals surface area contributed by atoms with Crippen molar-refractivity contribution in [2.75, 3.05) is 20.0 Å². The van der Waals surface area contributed by atoms with Gasteiger partial charge in [-0.15, -0.1) is 0 Å². The first-order valence-corrected chi connectivity index (χ1v) is 9.55. The Morgan fingerprint density at radius 1 is 1.25 bits per heavy atom. The maximum absolute atomic E-state index is 12.7. The number of allylic oxidation sites excluding steroid dienone is 1. The van der Waals surface area contributed by atoms with Crippen molar-refractivity contribution in [1.82, 2.24) is 4.90 Å². The Morgan fingerprint density at radius 3 is 2.64 bits per heavy atom. The van der Waals surface area contributed by atoms with Crippen LogP contribution in [0, 0.1) is 0 Å². The highest BCUT2D eigenvalue weighted by Gasteiger charge is 2.41. The van der Waals surface area contributed by atoms with Crippen LogP contribution in [0.3, 0.4) is 0 Å². The summed E-state index contributed by atoms with van der Waals surface area (Å²) in [5, 5.41) is 0.550. The van der Waals surface area contributed by atoms with E-state index in [9.17, 15) is 14.4 Å². The quantitative estimate of drug-likeness (QED) is 0.562. The molecule has 28 heavy (non-hydrogen) atoms. The van der Waals surface area contributed by atoms with Gasteiger partial charge in [0.15, 0.2) is 16.7 Å². The maximum Gasteiger partial charge on any atom is 0.338 e. The number of ether oxygens (including phenoxy) is 3. The number of amidine groups is 1. The molecule has 2 aliphatic heterocycles. The number of benzene rings is 1. The van der Waals surface area contributed by atoms with Gasteiger partial charge < -0.3 is 14.2 Å². The van der Waals surface area contributed by atoms with Gasteiger partial charge in [0.1, 0.15) is 0 Å². The van der Waals surface area contributed by atoms with E-state index in [1.165, 1.54) is 37.8 Å². The molecule has 0 spiro atoms. The SMILES string of the molecule is COC(=O)C1=C(C)N=C2SCCC(=O)N2[C@@H]1c1ccc(OC(C)=O)c(OC)c1. The second kappa shape index (κ2) is 8.05. The van der Waals surface area contributed by atoms with Crippen molar-refractivity contribution in [3.8, 4) is 11.5 Å². The van der Waals surface area contributed by atoms with Gasteiger partial charge in [-0.2, -0.15) is 0 Å². The van der Waals surface area contributed by atoms with E-state index < -0.39 is 18.0 Å². The molecule has 0 N–H and O–H groups in total. The summed E-state index contributed by atoms with van der Waals surface area (Å²) in [5.74, 6) is 0.0397. The lowest BCUT2D eigenvalue weighted by Gasteiger charge is -2.38. The highest BCUT2D eigenvalue weighted by Crippen LogP contribution is 2.42. The minimum atomic E-state index is -0.708. The van der Waals surface area contributed by atoms with Gasteiger partial charge in [0, 0.05) is 19.1 Å². The summed E-state index contributed by atoms with van der Waals surface area (Å²) in [5.41, 5.74) is 1.40. The van der Waals surface area contributed by atoms with Crippen LogP contribution in [0.25, 0.3) is 0 Å². The molecule has 1 amide bonds. The molecule has 0 saturated carbocycles. The van der Waals surface area contributed by atoms with Crippen LogP contribution in [0.15, 0.2) is 34.5 Å². The molecule has 8 nitrogen and oxygen atoms in total. The van der Waals surface area contributed by atoms with E-state index in [2.05, 4.69) is 4.99 Å². The lowest BCUT2D eigenvalue weighted by atomic mass is 9.94. The largest absolute Gasteiger partial charge is 0.493 e. The summed E-state index contributed by atoms with van der Waals surface area (Å²) >= 11 is 1.46. The van der Waals surface area contributed by atoms with Crippen LogP contribution in [0.1, 0.15) is 31.9 Å². The number of carbonyl (C=O) groups excluding carboxylic acids is 3. The van der Waals surface area contributed by atoms with Gasteiger partial charge in [-0.25, -0.2) is 9.79 Å². The van der Waals surface area contributed by atoms with Crippen LogP contribution in [0.5, 0.6) is 11.5 Å². The molecule has 1 atom stereocenters. The first-order chi connectivity index (χ1) is 13.4. The van der Waals surface area contributed by atoms with Crippen LogP contribution in [-0.2, 0) is 19.1 Å². The number of methoxy groups -OCH3 is 2. The number of amides is 1. The second-order valence-electron chi connectivity index (χ2n) is 6.15. The summed E-state index contributed by atoms with van der Waals surface area (Å²) in [6.07, 6.45) is 0.344. The van der Waals surface area contributed by atoms with Crippen molar-refractivity contribution in [3.05, 3.63) is 35.0 Å². The fraction of sp³-hybridized carbons (Fsp3) is 0.368. The lowest BCUT2D eigenvalue weighted by Crippen LogP contribution is -2.45. The Bertz CT molecular complexity index is 908. The van der Waals surface area contributed by atoms with E-state index in [1.54, 1.807) is 25.1 Å². The zero-order chi connectivity index (χ0) is 20.4. The Kier molecular flexibility index (Phi) is 5.73. The van der Waals surface area contributed by atoms with Gasteiger partial charge in [-0.1, -0.05) is 17.8 Å². The first kappa shape index (κ1) is 19.9. The van der Waals surface area contributed by atoms with E-state index >= 15 is 0 Å². The minimum absolute atomic E-state index is 0.126. The molecule has 2 aliphatic rings. The van der Waals surface area contributed by atoms with E-state index in [1.807, 2.05) is 0 Å². The predicted molar refractivity (Wildman–Crippen MR) is 103 cm³/mol. The van der Waals surface area contributed by atoms with Crippen LogP contribution < -0.4 is 9.47 Å². The molecule has 1 aromatic carbocycles. The topological polar surface area (TPSA) is 94.5 Å². The number of carbonyl (C=O) groups is 3. The number of fused-ring (bicyclic) bond motifs is 1. The molecule has 0 radical (unpaired) electrons. The van der Waals surface area contributed by atoms with Crippen LogP contribution in [-0.4, -0.2) is 47.9 Å². The molecular weight excluding hydrogens is 384 g/mol. The van der Waals surface area contributed by atoms with Gasteiger partial charge in [-0.05, 0) is 24.6 Å². The minimum Gasteiger partial charge on any atom is -0.493 e. The molecule has 2 heterocycles. The number of hydrogen-bond acceptors (Lipinski definition) is 8. The smallest absolute Gasteiger partial charge is 0.338 e. The van der Waals surface area contributed by atoms with Crippen LogP contribution >= 0.6 is 11.8 Å². The molecule has 1 saturated heterocycles. The normalized spacial score (nSPS) is 19.0. The lowest BCUT2D eigenvalue weighted by molar-refractivity contribution is -0.137. The maximum atomic E-state index is 12.7. The molecule has 9 heteroatoms. The van der Waals surface area contributed by atoms with Crippen molar-refractivity contribution in [1.29, 1.82) is 0 Å². The van der Waals surface area contributed by atoms with Gasteiger partial charge in [0.2, 0.25) is 5.91 Å². The Balaban J connectivity index is 2.15. The van der Waals surface area contributed by atoms with Gasteiger partial charge in [0.05, 0.1) is 31.5 Å². The number of esters is 2. The third kappa shape index (κ3) is 3.62. The van der Waals surface area contributed by atoms with E-state index in [0.29, 0.717) is 34.4 Å². The van der Waals surface area contributed by atoms with Crippen LogP contribution in [0.4, 0.5) is 0 Å². The van der Waals surface area contributed by atoms with E-state index in [0.717, 1.165) is 0 Å². The second-order valence-corrected chi connectivity index (χ2v) is 7.22. The van der Waals surface area contributed by atoms with E-state index in [-0.39, 0.29) is 17.2 Å². The molecule has 1 aromatic rings. The number of nitrogens with zero attached hydrogens (tertiary/aromatic N) is 2. The first-order valence-electron chi connectivity index (χ1n) is 8.56. The van der Waals surface area contributed by atoms with Gasteiger partial charge >= 0.3 is 11.9 Å². The third-order valence-corrected chi connectivity index (χ3v) is 5.32. The van der Waals surface area contributed by atoms with Gasteiger partial charge in [-0.3, -0.25) is 14.5 Å². The molecular formula is C19H20N2O6S. The Labute approximate surface area is 166 Å². The average molecular weight is 404 g/mol. The fourth-order valence-electron chi connectivity index (χ4n) is 3.18. The third-order valence-electron chi connectivity index (χ3n) is 4.37. The molecule has 148 valence electrons. The fourth-order valence-corrected chi connectivity index (χ4v) is 4.18. The molecule has 1 fully saturated rings. The number of rotatable bonds is 4. The van der Waals surface area contributed by atoms with Crippen molar-refractivity contribution < 1.29 is 28.6 Å². The predicted octanol–water partition coefficient (Wildman–Crippen LogP) is 2.44. The summed E-state index contributed by atoms with van der Waals surface area (Å²) in [4.78, 5) is 42.5. The number of thioether (sulfide) groups is 1. The van der Waals surface area contributed by atoms with Crippen molar-refractivity contribution in [3.63, 3.8) is 0 Å². The summed E-state index contributed by atoms with van der Waals surface area (Å²) in [7, 11) is 2.74. The van der Waals surface area contributed by atoms with Crippen molar-refractivity contribution in [2.24, 2.45) is 4.99 Å². The molecule has 0 unspecified atom stereocenters. The van der Waals surface area contributed by atoms with Crippen molar-refractivity contribution in [2.45, 2.75) is 26.3 Å². The van der Waals surface area contributed by atoms with E-state index in [4.69, 9.17) is 14.2 Å². The Morgan fingerprint density at radius 2 is 2.00 bits per heavy atom. The van der Waals surface area contributed by atoms with Crippen molar-refractivity contribution >= 4 is 34.8 Å². The highest BCUT2D eigenvalue weighted by molar-refractivity contribution is 8.14. The van der Waals surface area contributed by atoms with Crippen LogP contribution in [0.2, 0.25) is 0 Å². The summed E-state index contributed by atoms with van der Waals surface area (Å²) < 4.78 is 15.4. The number of aliphatic imine (C=N–C) groups is 1. The zero-order valence-corrected chi connectivity index (χ0v) is 16.8. The average Bonchev–Trinajstić information content (AvgIpc) is 2.66. The molecule has 0 bridgehead atoms. The summed E-state index contributed by atoms with van der Waals surface area (Å²) in [6, 6.07) is 4.21. The molecule has 0 aliphatic carbocycles. The summed E-state index contributed by atoms with van der Waals surface area (Å²) in [6.45, 7) is 3.01. The molecule has 0 aromatic heterocycles. The highest BCUT2D eigenvalue weighted by atomic mass is 32.2. The zero-order valence-electron chi connectivity index (χ0n) is 16.0. The molecule has 3 rings (SSSR count). The van der Waals surface area contributed by atoms with Gasteiger partial charge in [0.25, 0.3) is 0 Å². The number of hydrogen-bond donors (Lipinski definition) is 0. The monoisotopic (exact) mass is 404 g/mol.